The van der Waals surface area contributed by atoms with Crippen LogP contribution in [0.3, 0.4) is 0 Å². The molecule has 0 saturated heterocycles. The number of nitrogens with two attached hydrogens (primary N) is 2. The molecule has 0 amide bonds. The summed E-state index contributed by atoms with van der Waals surface area (Å²) in [5, 5.41) is 3.64. The molecular formula is C13H19ClFN3S. The van der Waals surface area contributed by atoms with Gasteiger partial charge in [0.05, 0.1) is 17.1 Å². The first-order valence-electron chi connectivity index (χ1n) is 6.37. The molecule has 0 radical (unpaired) electrons. The van der Waals surface area contributed by atoms with Crippen molar-refractivity contribution in [2.24, 2.45) is 0 Å². The highest BCUT2D eigenvalue weighted by atomic mass is 35.5. The Bertz CT molecular complexity index is 470. The van der Waals surface area contributed by atoms with Crippen molar-refractivity contribution in [1.29, 1.82) is 0 Å². The van der Waals surface area contributed by atoms with E-state index in [4.69, 9.17) is 23.1 Å². The Morgan fingerprint density at radius 1 is 1.32 bits per heavy atom. The van der Waals surface area contributed by atoms with Gasteiger partial charge in [0.15, 0.2) is 5.82 Å². The van der Waals surface area contributed by atoms with Crippen LogP contribution in [0.4, 0.5) is 21.5 Å². The van der Waals surface area contributed by atoms with E-state index >= 15 is 0 Å². The van der Waals surface area contributed by atoms with Crippen LogP contribution in [-0.2, 0) is 0 Å². The second-order valence-electron chi connectivity index (χ2n) is 4.87. The summed E-state index contributed by atoms with van der Waals surface area (Å²) in [6, 6.07) is 1.73. The van der Waals surface area contributed by atoms with E-state index in [0.29, 0.717) is 10.9 Å². The fraction of sp³-hybridized carbons (Fsp3) is 0.538. The second kappa shape index (κ2) is 6.09. The minimum Gasteiger partial charge on any atom is -0.397 e. The van der Waals surface area contributed by atoms with Crippen molar-refractivity contribution >= 4 is 40.4 Å². The molecule has 19 heavy (non-hydrogen) atoms. The standard InChI is InChI=1S/C13H19ClFN3S/c1-19-10-5-3-2-4-9(10)18-13-8(17)6-7(16)11(14)12(13)15/h6,9-10,18H,2-5,16-17H2,1H3. The van der Waals surface area contributed by atoms with Crippen molar-refractivity contribution in [3.63, 3.8) is 0 Å². The first kappa shape index (κ1) is 14.6. The van der Waals surface area contributed by atoms with Gasteiger partial charge in [-0.15, -0.1) is 0 Å². The predicted octanol–water partition coefficient (Wildman–Crippen LogP) is 3.73. The molecule has 2 unspecified atom stereocenters. The molecule has 0 aromatic heterocycles. The number of anilines is 3. The van der Waals surface area contributed by atoms with Crippen LogP contribution < -0.4 is 16.8 Å². The number of thioether (sulfide) groups is 1. The normalized spacial score (nSPS) is 23.3. The van der Waals surface area contributed by atoms with Crippen LogP contribution in [0.25, 0.3) is 0 Å². The molecule has 2 atom stereocenters. The van der Waals surface area contributed by atoms with Crippen LogP contribution in [-0.4, -0.2) is 17.5 Å². The lowest BCUT2D eigenvalue weighted by atomic mass is 9.94. The number of nitrogens with one attached hydrogen (secondary N) is 1. The van der Waals surface area contributed by atoms with Crippen LogP contribution in [0.15, 0.2) is 6.07 Å². The number of benzene rings is 1. The summed E-state index contributed by atoms with van der Waals surface area (Å²) >= 11 is 7.65. The molecule has 5 N–H and O–H groups in total. The largest absolute Gasteiger partial charge is 0.397 e. The van der Waals surface area contributed by atoms with Crippen LogP contribution >= 0.6 is 23.4 Å². The molecule has 2 rings (SSSR count). The molecule has 0 spiro atoms. The van der Waals surface area contributed by atoms with Crippen molar-refractivity contribution in [1.82, 2.24) is 0 Å². The maximum absolute atomic E-state index is 14.1. The number of halogens is 2. The highest BCUT2D eigenvalue weighted by Crippen LogP contribution is 2.36. The Hall–Kier alpha value is -0.810. The number of rotatable bonds is 3. The van der Waals surface area contributed by atoms with Gasteiger partial charge >= 0.3 is 0 Å². The fourth-order valence-electron chi connectivity index (χ4n) is 2.54. The molecule has 6 heteroatoms. The van der Waals surface area contributed by atoms with Crippen LogP contribution in [0.1, 0.15) is 25.7 Å². The van der Waals surface area contributed by atoms with Gasteiger partial charge in [0.2, 0.25) is 0 Å². The Kier molecular flexibility index (Phi) is 4.68. The van der Waals surface area contributed by atoms with Gasteiger partial charge in [0.25, 0.3) is 0 Å². The zero-order valence-corrected chi connectivity index (χ0v) is 12.5. The van der Waals surface area contributed by atoms with E-state index in [-0.39, 0.29) is 22.4 Å². The van der Waals surface area contributed by atoms with E-state index in [9.17, 15) is 4.39 Å². The maximum Gasteiger partial charge on any atom is 0.169 e. The number of nitrogen functional groups attached to an aromatic ring is 2. The third-order valence-electron chi connectivity index (χ3n) is 3.60. The van der Waals surface area contributed by atoms with E-state index in [1.807, 2.05) is 11.8 Å². The molecule has 1 fully saturated rings. The maximum atomic E-state index is 14.1. The van der Waals surface area contributed by atoms with Gasteiger partial charge in [-0.1, -0.05) is 24.4 Å². The van der Waals surface area contributed by atoms with E-state index in [2.05, 4.69) is 11.6 Å². The zero-order valence-electron chi connectivity index (χ0n) is 10.9. The quantitative estimate of drug-likeness (QED) is 0.745. The fourth-order valence-corrected chi connectivity index (χ4v) is 3.63. The average Bonchev–Trinajstić information content (AvgIpc) is 2.41. The Labute approximate surface area is 122 Å². The summed E-state index contributed by atoms with van der Waals surface area (Å²) in [4.78, 5) is 0. The molecular weight excluding hydrogens is 285 g/mol. The van der Waals surface area contributed by atoms with Crippen LogP contribution in [0, 0.1) is 5.82 Å². The molecule has 1 aliphatic rings. The average molecular weight is 304 g/mol. The molecule has 1 aromatic rings. The van der Waals surface area contributed by atoms with E-state index in [1.165, 1.54) is 12.5 Å². The molecule has 1 saturated carbocycles. The van der Waals surface area contributed by atoms with Gasteiger partial charge in [0, 0.05) is 11.3 Å². The van der Waals surface area contributed by atoms with Crippen molar-refractivity contribution < 1.29 is 4.39 Å². The monoisotopic (exact) mass is 303 g/mol. The predicted molar refractivity (Wildman–Crippen MR) is 83.4 cm³/mol. The smallest absolute Gasteiger partial charge is 0.169 e. The van der Waals surface area contributed by atoms with Crippen molar-refractivity contribution in [2.45, 2.75) is 37.0 Å². The molecule has 1 aliphatic carbocycles. The topological polar surface area (TPSA) is 64.1 Å². The Morgan fingerprint density at radius 3 is 2.68 bits per heavy atom. The minimum atomic E-state index is -0.551. The van der Waals surface area contributed by atoms with Crippen LogP contribution in [0.5, 0.6) is 0 Å². The molecule has 3 nitrogen and oxygen atoms in total. The highest BCUT2D eigenvalue weighted by Gasteiger charge is 2.26. The first-order valence-corrected chi connectivity index (χ1v) is 8.03. The molecule has 1 aromatic carbocycles. The van der Waals surface area contributed by atoms with Gasteiger partial charge in [-0.2, -0.15) is 11.8 Å². The van der Waals surface area contributed by atoms with Gasteiger partial charge in [-0.05, 0) is 25.2 Å². The van der Waals surface area contributed by atoms with Crippen LogP contribution in [0.2, 0.25) is 5.02 Å². The lowest BCUT2D eigenvalue weighted by Gasteiger charge is -2.32. The molecule has 0 aliphatic heterocycles. The summed E-state index contributed by atoms with van der Waals surface area (Å²) in [7, 11) is 0. The van der Waals surface area contributed by atoms with Gasteiger partial charge in [-0.25, -0.2) is 4.39 Å². The molecule has 106 valence electrons. The summed E-state index contributed by atoms with van der Waals surface area (Å²) in [5.74, 6) is -0.551. The second-order valence-corrected chi connectivity index (χ2v) is 6.32. The summed E-state index contributed by atoms with van der Waals surface area (Å²) < 4.78 is 14.1. The van der Waals surface area contributed by atoms with Crippen molar-refractivity contribution in [3.05, 3.63) is 16.9 Å². The third kappa shape index (κ3) is 3.03. The number of hydrogen-bond donors (Lipinski definition) is 3. The third-order valence-corrected chi connectivity index (χ3v) is 5.15. The van der Waals surface area contributed by atoms with E-state index in [0.717, 1.165) is 19.3 Å². The summed E-state index contributed by atoms with van der Waals surface area (Å²) in [6.45, 7) is 0. The molecule has 0 bridgehead atoms. The van der Waals surface area contributed by atoms with Gasteiger partial charge in [0.1, 0.15) is 5.02 Å². The lowest BCUT2D eigenvalue weighted by Crippen LogP contribution is -2.34. The SMILES string of the molecule is CSC1CCCCC1Nc1c(N)cc(N)c(Cl)c1F. The number of hydrogen-bond acceptors (Lipinski definition) is 4. The minimum absolute atomic E-state index is 0.0618. The summed E-state index contributed by atoms with van der Waals surface area (Å²) in [6.07, 6.45) is 6.62. The lowest BCUT2D eigenvalue weighted by molar-refractivity contribution is 0.473. The highest BCUT2D eigenvalue weighted by molar-refractivity contribution is 7.99. The van der Waals surface area contributed by atoms with Crippen molar-refractivity contribution in [2.75, 3.05) is 23.0 Å². The van der Waals surface area contributed by atoms with E-state index in [1.54, 1.807) is 0 Å². The first-order chi connectivity index (χ1) is 9.04. The van der Waals surface area contributed by atoms with Crippen molar-refractivity contribution in [3.8, 4) is 0 Å². The van der Waals surface area contributed by atoms with Gasteiger partial charge < -0.3 is 16.8 Å². The zero-order chi connectivity index (χ0) is 14.0. The van der Waals surface area contributed by atoms with E-state index < -0.39 is 5.82 Å². The Balaban J connectivity index is 2.25. The van der Waals surface area contributed by atoms with Gasteiger partial charge in [-0.3, -0.25) is 0 Å². The molecule has 0 heterocycles. The Morgan fingerprint density at radius 2 is 2.00 bits per heavy atom. The summed E-state index contributed by atoms with van der Waals surface area (Å²) in [5.41, 5.74) is 12.2.